The lowest BCUT2D eigenvalue weighted by molar-refractivity contribution is 0.210. The second-order valence-corrected chi connectivity index (χ2v) is 5.30. The molecule has 0 saturated carbocycles. The largest absolute Gasteiger partial charge is 0.317 e. The van der Waals surface area contributed by atoms with Gasteiger partial charge in [-0.1, -0.05) is 6.92 Å². The van der Waals surface area contributed by atoms with E-state index in [0.717, 1.165) is 26.1 Å². The SMILES string of the molecule is CCCn1nccc1CN(C)C1CCCNCC1. The van der Waals surface area contributed by atoms with Crippen molar-refractivity contribution in [2.24, 2.45) is 0 Å². The molecule has 0 amide bonds. The number of hydrogen-bond acceptors (Lipinski definition) is 3. The molecule has 2 rings (SSSR count). The van der Waals surface area contributed by atoms with E-state index in [1.54, 1.807) is 0 Å². The third kappa shape index (κ3) is 3.56. The average Bonchev–Trinajstić information content (AvgIpc) is 2.66. The van der Waals surface area contributed by atoms with Crippen LogP contribution in [0.2, 0.25) is 0 Å². The van der Waals surface area contributed by atoms with Gasteiger partial charge in [-0.2, -0.15) is 5.10 Å². The molecule has 1 saturated heterocycles. The minimum atomic E-state index is 0.713. The van der Waals surface area contributed by atoms with Crippen LogP contribution >= 0.6 is 0 Å². The summed E-state index contributed by atoms with van der Waals surface area (Å²) in [6.07, 6.45) is 6.94. The molecule has 0 aromatic carbocycles. The zero-order chi connectivity index (χ0) is 12.8. The van der Waals surface area contributed by atoms with E-state index >= 15 is 0 Å². The van der Waals surface area contributed by atoms with Crippen LogP contribution in [0.25, 0.3) is 0 Å². The fourth-order valence-electron chi connectivity index (χ4n) is 2.73. The molecule has 0 spiro atoms. The van der Waals surface area contributed by atoms with Crippen molar-refractivity contribution in [3.8, 4) is 0 Å². The summed E-state index contributed by atoms with van der Waals surface area (Å²) < 4.78 is 2.14. The zero-order valence-electron chi connectivity index (χ0n) is 11.7. The van der Waals surface area contributed by atoms with Crippen molar-refractivity contribution >= 4 is 0 Å². The molecule has 2 heterocycles. The lowest BCUT2D eigenvalue weighted by atomic mass is 10.1. The van der Waals surface area contributed by atoms with Crippen molar-refractivity contribution in [1.29, 1.82) is 0 Å². The van der Waals surface area contributed by atoms with E-state index in [9.17, 15) is 0 Å². The maximum absolute atomic E-state index is 4.40. The molecule has 1 N–H and O–H groups in total. The maximum atomic E-state index is 4.40. The lowest BCUT2D eigenvalue weighted by Crippen LogP contribution is -2.32. The van der Waals surface area contributed by atoms with Gasteiger partial charge in [-0.15, -0.1) is 0 Å². The van der Waals surface area contributed by atoms with Crippen molar-refractivity contribution < 1.29 is 0 Å². The zero-order valence-corrected chi connectivity index (χ0v) is 11.7. The first-order valence-electron chi connectivity index (χ1n) is 7.23. The molecule has 4 heteroatoms. The summed E-state index contributed by atoms with van der Waals surface area (Å²) in [5.74, 6) is 0. The molecule has 1 unspecified atom stereocenters. The molecule has 1 aliphatic heterocycles. The van der Waals surface area contributed by atoms with Gasteiger partial charge in [-0.05, 0) is 51.9 Å². The van der Waals surface area contributed by atoms with Crippen LogP contribution in [0.4, 0.5) is 0 Å². The van der Waals surface area contributed by atoms with E-state index in [0.29, 0.717) is 6.04 Å². The molecule has 4 nitrogen and oxygen atoms in total. The maximum Gasteiger partial charge on any atom is 0.0524 e. The van der Waals surface area contributed by atoms with E-state index in [2.05, 4.69) is 40.0 Å². The van der Waals surface area contributed by atoms with Crippen LogP contribution in [-0.2, 0) is 13.1 Å². The predicted octanol–water partition coefficient (Wildman–Crippen LogP) is 1.87. The van der Waals surface area contributed by atoms with Crippen molar-refractivity contribution in [2.45, 2.75) is 51.7 Å². The summed E-state index contributed by atoms with van der Waals surface area (Å²) in [5, 5.41) is 7.88. The Labute approximate surface area is 110 Å². The highest BCUT2D eigenvalue weighted by molar-refractivity contribution is 5.00. The fourth-order valence-corrected chi connectivity index (χ4v) is 2.73. The van der Waals surface area contributed by atoms with Gasteiger partial charge < -0.3 is 5.32 Å². The molecule has 1 fully saturated rings. The monoisotopic (exact) mass is 250 g/mol. The van der Waals surface area contributed by atoms with Crippen molar-refractivity contribution in [2.75, 3.05) is 20.1 Å². The highest BCUT2D eigenvalue weighted by Gasteiger charge is 2.17. The molecule has 0 aliphatic carbocycles. The van der Waals surface area contributed by atoms with Crippen molar-refractivity contribution in [3.63, 3.8) is 0 Å². The topological polar surface area (TPSA) is 33.1 Å². The Morgan fingerprint density at radius 2 is 2.33 bits per heavy atom. The Balaban J connectivity index is 1.92. The summed E-state index contributed by atoms with van der Waals surface area (Å²) in [4.78, 5) is 2.50. The Kier molecular flexibility index (Phi) is 5.20. The van der Waals surface area contributed by atoms with E-state index in [1.807, 2.05) is 6.20 Å². The second-order valence-electron chi connectivity index (χ2n) is 5.30. The van der Waals surface area contributed by atoms with Crippen LogP contribution < -0.4 is 5.32 Å². The van der Waals surface area contributed by atoms with E-state index in [4.69, 9.17) is 0 Å². The molecule has 1 aliphatic rings. The highest BCUT2D eigenvalue weighted by Crippen LogP contribution is 2.14. The molecular weight excluding hydrogens is 224 g/mol. The molecule has 1 atom stereocenters. The standard InChI is InChI=1S/C14H26N4/c1-3-11-18-14(7-10-16-18)12-17(2)13-5-4-8-15-9-6-13/h7,10,13,15H,3-6,8-9,11-12H2,1-2H3. The van der Waals surface area contributed by atoms with Gasteiger partial charge in [0.1, 0.15) is 0 Å². The summed E-state index contributed by atoms with van der Waals surface area (Å²) in [6, 6.07) is 2.87. The first-order chi connectivity index (χ1) is 8.81. The predicted molar refractivity (Wildman–Crippen MR) is 74.5 cm³/mol. The number of aryl methyl sites for hydroxylation is 1. The summed E-state index contributed by atoms with van der Waals surface area (Å²) in [5.41, 5.74) is 1.34. The third-order valence-electron chi connectivity index (χ3n) is 3.82. The van der Waals surface area contributed by atoms with Crippen LogP contribution in [-0.4, -0.2) is 40.9 Å². The number of rotatable bonds is 5. The lowest BCUT2D eigenvalue weighted by Gasteiger charge is -2.27. The van der Waals surface area contributed by atoms with Gasteiger partial charge in [-0.25, -0.2) is 0 Å². The fraction of sp³-hybridized carbons (Fsp3) is 0.786. The van der Waals surface area contributed by atoms with Gasteiger partial charge >= 0.3 is 0 Å². The summed E-state index contributed by atoms with van der Waals surface area (Å²) >= 11 is 0. The Hall–Kier alpha value is -0.870. The normalized spacial score (nSPS) is 21.2. The molecular formula is C14H26N4. The number of nitrogens with one attached hydrogen (secondary N) is 1. The second kappa shape index (κ2) is 6.90. The van der Waals surface area contributed by atoms with Crippen molar-refractivity contribution in [3.05, 3.63) is 18.0 Å². The van der Waals surface area contributed by atoms with E-state index in [1.165, 1.54) is 31.5 Å². The van der Waals surface area contributed by atoms with Crippen LogP contribution in [0, 0.1) is 0 Å². The van der Waals surface area contributed by atoms with Gasteiger partial charge in [0.25, 0.3) is 0 Å². The van der Waals surface area contributed by atoms with Gasteiger partial charge in [0.05, 0.1) is 5.69 Å². The first-order valence-corrected chi connectivity index (χ1v) is 7.23. The Morgan fingerprint density at radius 3 is 3.17 bits per heavy atom. The molecule has 0 bridgehead atoms. The van der Waals surface area contributed by atoms with E-state index in [-0.39, 0.29) is 0 Å². The minimum Gasteiger partial charge on any atom is -0.317 e. The molecule has 102 valence electrons. The van der Waals surface area contributed by atoms with Crippen LogP contribution in [0.15, 0.2) is 12.3 Å². The molecule has 0 radical (unpaired) electrons. The van der Waals surface area contributed by atoms with E-state index < -0.39 is 0 Å². The van der Waals surface area contributed by atoms with Crippen LogP contribution in [0.3, 0.4) is 0 Å². The van der Waals surface area contributed by atoms with Gasteiger partial charge in [-0.3, -0.25) is 9.58 Å². The van der Waals surface area contributed by atoms with Crippen molar-refractivity contribution in [1.82, 2.24) is 20.0 Å². The Morgan fingerprint density at radius 1 is 1.44 bits per heavy atom. The number of nitrogens with zero attached hydrogens (tertiary/aromatic N) is 3. The number of aromatic nitrogens is 2. The molecule has 1 aromatic rings. The number of hydrogen-bond donors (Lipinski definition) is 1. The smallest absolute Gasteiger partial charge is 0.0524 e. The summed E-state index contributed by atoms with van der Waals surface area (Å²) in [7, 11) is 2.25. The van der Waals surface area contributed by atoms with Crippen LogP contribution in [0.1, 0.15) is 38.3 Å². The quantitative estimate of drug-likeness (QED) is 0.866. The first kappa shape index (κ1) is 13.6. The summed E-state index contributed by atoms with van der Waals surface area (Å²) in [6.45, 7) is 6.58. The minimum absolute atomic E-state index is 0.713. The van der Waals surface area contributed by atoms with Crippen LogP contribution in [0.5, 0.6) is 0 Å². The average molecular weight is 250 g/mol. The molecule has 1 aromatic heterocycles. The van der Waals surface area contributed by atoms with Gasteiger partial charge in [0.2, 0.25) is 0 Å². The highest BCUT2D eigenvalue weighted by atomic mass is 15.3. The third-order valence-corrected chi connectivity index (χ3v) is 3.82. The van der Waals surface area contributed by atoms with Gasteiger partial charge in [0.15, 0.2) is 0 Å². The Bertz CT molecular complexity index is 339. The van der Waals surface area contributed by atoms with Gasteiger partial charge in [0, 0.05) is 25.3 Å². The molecule has 18 heavy (non-hydrogen) atoms.